The molecule has 2 fully saturated rings. The van der Waals surface area contributed by atoms with Crippen LogP contribution in [0.5, 0.6) is 5.75 Å². The molecule has 1 aromatic carbocycles. The third-order valence-corrected chi connectivity index (χ3v) is 7.59. The molecule has 0 amide bonds. The minimum Gasteiger partial charge on any atom is -0.466 e. The largest absolute Gasteiger partial charge is 0.466 e. The van der Waals surface area contributed by atoms with E-state index in [1.165, 1.54) is 24.1 Å². The molecule has 1 aliphatic carbocycles. The Morgan fingerprint density at radius 2 is 1.83 bits per heavy atom. The lowest BCUT2D eigenvalue weighted by Crippen LogP contribution is -3.20. The number of nitrogens with one attached hydrogen (secondary N) is 1. The Kier molecular flexibility index (Phi) is 6.78. The van der Waals surface area contributed by atoms with Crippen LogP contribution in [0.1, 0.15) is 64.5 Å². The van der Waals surface area contributed by atoms with Crippen LogP contribution in [0.4, 0.5) is 0 Å². The van der Waals surface area contributed by atoms with Gasteiger partial charge in [0, 0.05) is 17.9 Å². The normalized spacial score (nSPS) is 20.6. The maximum absolute atomic E-state index is 6.58. The summed E-state index contributed by atoms with van der Waals surface area (Å²) in [6, 6.07) is 7.10. The average Bonchev–Trinajstić information content (AvgIpc) is 3.62. The van der Waals surface area contributed by atoms with Gasteiger partial charge in [-0.1, -0.05) is 32.4 Å². The molecule has 1 N–H and O–H groups in total. The van der Waals surface area contributed by atoms with Crippen LogP contribution in [0, 0.1) is 5.41 Å². The van der Waals surface area contributed by atoms with Crippen molar-refractivity contribution in [3.8, 4) is 5.75 Å². The number of morpholine rings is 1. The number of aromatic nitrogens is 7. The number of nitrogens with zero attached hydrogens (tertiary/aromatic N) is 7. The molecule has 3 heterocycles. The van der Waals surface area contributed by atoms with Gasteiger partial charge in [0.1, 0.15) is 37.5 Å². The number of hydrogen-bond donors (Lipinski definition) is 1. The van der Waals surface area contributed by atoms with Crippen molar-refractivity contribution in [2.45, 2.75) is 64.3 Å². The zero-order valence-corrected chi connectivity index (χ0v) is 21.4. The van der Waals surface area contributed by atoms with Gasteiger partial charge in [0.15, 0.2) is 5.54 Å². The maximum atomic E-state index is 6.58. The maximum Gasteiger partial charge on any atom is 0.215 e. The highest BCUT2D eigenvalue weighted by Gasteiger charge is 2.52. The molecule has 0 radical (unpaired) electrons. The second kappa shape index (κ2) is 9.83. The number of ether oxygens (including phenoxy) is 2. The summed E-state index contributed by atoms with van der Waals surface area (Å²) in [5.74, 6) is 1.62. The van der Waals surface area contributed by atoms with E-state index in [2.05, 4.69) is 46.4 Å². The van der Waals surface area contributed by atoms with E-state index < -0.39 is 6.23 Å². The summed E-state index contributed by atoms with van der Waals surface area (Å²) in [4.78, 5) is 5.72. The van der Waals surface area contributed by atoms with Crippen molar-refractivity contribution in [2.75, 3.05) is 26.3 Å². The summed E-state index contributed by atoms with van der Waals surface area (Å²) in [6.07, 6.45) is 7.14. The molecular weight excluding hydrogens is 468 g/mol. The van der Waals surface area contributed by atoms with E-state index in [-0.39, 0.29) is 17.0 Å². The molecule has 1 aliphatic heterocycles. The highest BCUT2D eigenvalue weighted by molar-refractivity contribution is 6.30. The zero-order chi connectivity index (χ0) is 24.5. The Morgan fingerprint density at radius 3 is 2.46 bits per heavy atom. The molecule has 3 aromatic rings. The minimum atomic E-state index is -0.529. The molecule has 10 nitrogen and oxygen atoms in total. The second-order valence-corrected chi connectivity index (χ2v) is 11.0. The zero-order valence-electron chi connectivity index (χ0n) is 20.6. The summed E-state index contributed by atoms with van der Waals surface area (Å²) in [5.41, 5.74) is -0.405. The smallest absolute Gasteiger partial charge is 0.215 e. The Balaban J connectivity index is 1.59. The number of rotatable bonds is 7. The first-order chi connectivity index (χ1) is 16.9. The van der Waals surface area contributed by atoms with Gasteiger partial charge < -0.3 is 14.4 Å². The summed E-state index contributed by atoms with van der Waals surface area (Å²) >= 11 is 6.12. The van der Waals surface area contributed by atoms with Gasteiger partial charge in [-0.2, -0.15) is 5.10 Å². The predicted octanol–water partition coefficient (Wildman–Crippen LogP) is 2.47. The lowest BCUT2D eigenvalue weighted by molar-refractivity contribution is -0.968. The molecule has 35 heavy (non-hydrogen) atoms. The number of hydrogen-bond acceptors (Lipinski definition) is 7. The van der Waals surface area contributed by atoms with Gasteiger partial charge in [-0.25, -0.2) is 14.3 Å². The molecule has 2 aliphatic rings. The summed E-state index contributed by atoms with van der Waals surface area (Å²) in [7, 11) is 0. The first-order valence-electron chi connectivity index (χ1n) is 12.4. The van der Waals surface area contributed by atoms with Crippen molar-refractivity contribution in [2.24, 2.45) is 5.41 Å². The van der Waals surface area contributed by atoms with Crippen LogP contribution in [0.2, 0.25) is 5.02 Å². The van der Waals surface area contributed by atoms with Crippen molar-refractivity contribution < 1.29 is 14.4 Å². The van der Waals surface area contributed by atoms with Gasteiger partial charge in [0.25, 0.3) is 0 Å². The van der Waals surface area contributed by atoms with Crippen LogP contribution in [0.3, 0.4) is 0 Å². The van der Waals surface area contributed by atoms with Crippen molar-refractivity contribution >= 4 is 11.6 Å². The molecule has 188 valence electrons. The Hall–Kier alpha value is -2.56. The summed E-state index contributed by atoms with van der Waals surface area (Å²) in [5, 5.41) is 18.6. The van der Waals surface area contributed by atoms with Crippen LogP contribution >= 0.6 is 11.6 Å². The fraction of sp³-hybridized carbons (Fsp3) is 0.625. The number of tetrazole rings is 1. The summed E-state index contributed by atoms with van der Waals surface area (Å²) in [6.45, 7) is 10.00. The van der Waals surface area contributed by atoms with Gasteiger partial charge in [0.2, 0.25) is 12.1 Å². The van der Waals surface area contributed by atoms with E-state index in [0.29, 0.717) is 10.8 Å². The molecule has 5 rings (SSSR count). The molecule has 2 atom stereocenters. The molecule has 1 saturated heterocycles. The molecule has 0 bridgehead atoms. The Labute approximate surface area is 210 Å². The molecule has 0 spiro atoms. The fourth-order valence-electron chi connectivity index (χ4n) is 5.69. The monoisotopic (exact) mass is 501 g/mol. The van der Waals surface area contributed by atoms with Crippen molar-refractivity contribution in [3.63, 3.8) is 0 Å². The van der Waals surface area contributed by atoms with E-state index >= 15 is 0 Å². The van der Waals surface area contributed by atoms with Crippen LogP contribution in [-0.2, 0) is 10.3 Å². The lowest BCUT2D eigenvalue weighted by atomic mass is 9.84. The topological polar surface area (TPSA) is 97.2 Å². The first-order valence-corrected chi connectivity index (χ1v) is 12.7. The van der Waals surface area contributed by atoms with Crippen LogP contribution in [-0.4, -0.2) is 61.3 Å². The molecule has 2 aromatic heterocycles. The highest BCUT2D eigenvalue weighted by Crippen LogP contribution is 2.43. The van der Waals surface area contributed by atoms with Crippen molar-refractivity contribution in [3.05, 3.63) is 47.8 Å². The molecule has 11 heteroatoms. The second-order valence-electron chi connectivity index (χ2n) is 10.6. The third kappa shape index (κ3) is 4.79. The number of benzene rings is 1. The average molecular weight is 502 g/mol. The highest BCUT2D eigenvalue weighted by atomic mass is 35.5. The van der Waals surface area contributed by atoms with E-state index in [1.54, 1.807) is 11.0 Å². The standard InChI is InChI=1S/C24H33ClN8O2/c1-23(2,3)20(21(32-17-26-16-27-32)35-19-8-6-18(25)7-9-19)33-22(28-29-30-33)24(10-4-5-11-24)31-12-14-34-15-13-31/h6-9,16-17,20-21H,4-5,10-15H2,1-3H3/p+1/t20-,21+/m1/s1. The van der Waals surface area contributed by atoms with Crippen molar-refractivity contribution in [1.82, 2.24) is 35.0 Å². The molecular formula is C24H34ClN8O2+. The van der Waals surface area contributed by atoms with E-state index in [0.717, 1.165) is 45.0 Å². The van der Waals surface area contributed by atoms with E-state index in [9.17, 15) is 0 Å². The first kappa shape index (κ1) is 24.1. The predicted molar refractivity (Wildman–Crippen MR) is 129 cm³/mol. The quantitative estimate of drug-likeness (QED) is 0.531. The number of quaternary nitrogens is 1. The van der Waals surface area contributed by atoms with E-state index in [1.807, 2.05) is 28.9 Å². The van der Waals surface area contributed by atoms with Gasteiger partial charge >= 0.3 is 0 Å². The molecule has 1 saturated carbocycles. The van der Waals surface area contributed by atoms with Crippen LogP contribution in [0.15, 0.2) is 36.9 Å². The van der Waals surface area contributed by atoms with Gasteiger partial charge in [0.05, 0.1) is 13.2 Å². The minimum absolute atomic E-state index is 0.135. The summed E-state index contributed by atoms with van der Waals surface area (Å²) < 4.78 is 16.0. The van der Waals surface area contributed by atoms with Crippen molar-refractivity contribution in [1.29, 1.82) is 0 Å². The van der Waals surface area contributed by atoms with Crippen LogP contribution in [0.25, 0.3) is 0 Å². The fourth-order valence-corrected chi connectivity index (χ4v) is 5.81. The van der Waals surface area contributed by atoms with Gasteiger partial charge in [-0.3, -0.25) is 0 Å². The SMILES string of the molecule is CC(C)(C)[C@@H]([C@H](Oc1ccc(Cl)cc1)n1cncn1)n1nnnc1C1([NH+]2CCOCC2)CCCC1. The lowest BCUT2D eigenvalue weighted by Gasteiger charge is -2.42. The van der Waals surface area contributed by atoms with Gasteiger partial charge in [-0.15, -0.1) is 5.10 Å². The Morgan fingerprint density at radius 1 is 1.11 bits per heavy atom. The third-order valence-electron chi connectivity index (χ3n) is 7.34. The van der Waals surface area contributed by atoms with E-state index in [4.69, 9.17) is 21.1 Å². The molecule has 0 unspecified atom stereocenters. The number of halogens is 1. The Bertz CT molecular complexity index is 1080. The van der Waals surface area contributed by atoms with Gasteiger partial charge in [-0.05, 0) is 52.9 Å². The van der Waals surface area contributed by atoms with Crippen LogP contribution < -0.4 is 9.64 Å².